The van der Waals surface area contributed by atoms with Gasteiger partial charge in [0.05, 0.1) is 3.57 Å². The van der Waals surface area contributed by atoms with Crippen LogP contribution in [0.5, 0.6) is 5.75 Å². The van der Waals surface area contributed by atoms with E-state index >= 15 is 0 Å². The summed E-state index contributed by atoms with van der Waals surface area (Å²) < 4.78 is 7.35. The highest BCUT2D eigenvalue weighted by atomic mass is 127. The summed E-state index contributed by atoms with van der Waals surface area (Å²) in [7, 11) is 0. The zero-order valence-corrected chi connectivity index (χ0v) is 13.5. The van der Waals surface area contributed by atoms with Crippen molar-refractivity contribution >= 4 is 22.6 Å². The summed E-state index contributed by atoms with van der Waals surface area (Å²) in [5, 5.41) is 3.61. The summed E-state index contributed by atoms with van der Waals surface area (Å²) in [5.74, 6) is 1.02. The molecule has 1 aliphatic rings. The van der Waals surface area contributed by atoms with E-state index in [-0.39, 0.29) is 5.41 Å². The van der Waals surface area contributed by atoms with Gasteiger partial charge in [0, 0.05) is 17.9 Å². The van der Waals surface area contributed by atoms with E-state index in [9.17, 15) is 0 Å². The van der Waals surface area contributed by atoms with Crippen LogP contribution in [-0.2, 0) is 0 Å². The van der Waals surface area contributed by atoms with E-state index in [1.165, 1.54) is 9.99 Å². The molecular formula is C15H22INO. The average molecular weight is 359 g/mol. The quantitative estimate of drug-likeness (QED) is 0.807. The lowest BCUT2D eigenvalue weighted by Gasteiger charge is -2.51. The van der Waals surface area contributed by atoms with Gasteiger partial charge in [-0.15, -0.1) is 0 Å². The minimum atomic E-state index is 0.216. The summed E-state index contributed by atoms with van der Waals surface area (Å²) in [6, 6.07) is 8.82. The number of ether oxygens (including phenoxy) is 1. The van der Waals surface area contributed by atoms with Gasteiger partial charge in [-0.3, -0.25) is 0 Å². The SMILES string of the molecule is CCCNC1CC(Oc2ccccc2I)C1(C)C. The van der Waals surface area contributed by atoms with Gasteiger partial charge in [0.1, 0.15) is 11.9 Å². The third kappa shape index (κ3) is 2.82. The van der Waals surface area contributed by atoms with E-state index < -0.39 is 0 Å². The fourth-order valence-corrected chi connectivity index (χ4v) is 2.96. The van der Waals surface area contributed by atoms with Gasteiger partial charge in [-0.25, -0.2) is 0 Å². The van der Waals surface area contributed by atoms with Crippen LogP contribution in [0.2, 0.25) is 0 Å². The number of nitrogens with one attached hydrogen (secondary N) is 1. The number of halogens is 1. The van der Waals surface area contributed by atoms with E-state index in [0.717, 1.165) is 18.7 Å². The molecule has 1 N–H and O–H groups in total. The van der Waals surface area contributed by atoms with Crippen LogP contribution < -0.4 is 10.1 Å². The molecule has 0 spiro atoms. The molecule has 2 rings (SSSR count). The molecule has 1 aromatic rings. The molecular weight excluding hydrogens is 337 g/mol. The highest BCUT2D eigenvalue weighted by molar-refractivity contribution is 14.1. The van der Waals surface area contributed by atoms with Gasteiger partial charge in [0.15, 0.2) is 0 Å². The smallest absolute Gasteiger partial charge is 0.133 e. The third-order valence-electron chi connectivity index (χ3n) is 3.92. The summed E-state index contributed by atoms with van der Waals surface area (Å²) in [5.41, 5.74) is 0.216. The van der Waals surface area contributed by atoms with Crippen LogP contribution in [0.15, 0.2) is 24.3 Å². The van der Waals surface area contributed by atoms with E-state index in [4.69, 9.17) is 4.74 Å². The van der Waals surface area contributed by atoms with Crippen molar-refractivity contribution in [3.63, 3.8) is 0 Å². The third-order valence-corrected chi connectivity index (χ3v) is 4.82. The second kappa shape index (κ2) is 5.78. The Morgan fingerprint density at radius 3 is 2.72 bits per heavy atom. The second-order valence-electron chi connectivity index (χ2n) is 5.60. The Bertz CT molecular complexity index is 405. The van der Waals surface area contributed by atoms with Gasteiger partial charge in [-0.1, -0.05) is 32.9 Å². The van der Waals surface area contributed by atoms with E-state index in [1.54, 1.807) is 0 Å². The first-order valence-corrected chi connectivity index (χ1v) is 7.78. The predicted molar refractivity (Wildman–Crippen MR) is 84.1 cm³/mol. The van der Waals surface area contributed by atoms with Crippen LogP contribution in [0, 0.1) is 8.99 Å². The summed E-state index contributed by atoms with van der Waals surface area (Å²) in [6.45, 7) is 7.90. The highest BCUT2D eigenvalue weighted by Gasteiger charge is 2.49. The van der Waals surface area contributed by atoms with Gasteiger partial charge < -0.3 is 10.1 Å². The molecule has 2 unspecified atom stereocenters. The predicted octanol–water partition coefficient (Wildman–Crippen LogP) is 3.84. The minimum absolute atomic E-state index is 0.216. The van der Waals surface area contributed by atoms with Crippen molar-refractivity contribution in [3.8, 4) is 5.75 Å². The van der Waals surface area contributed by atoms with Crippen molar-refractivity contribution in [2.45, 2.75) is 45.8 Å². The van der Waals surface area contributed by atoms with Gasteiger partial charge >= 0.3 is 0 Å². The molecule has 3 heteroatoms. The van der Waals surface area contributed by atoms with Crippen LogP contribution in [0.4, 0.5) is 0 Å². The monoisotopic (exact) mass is 359 g/mol. The fourth-order valence-electron chi connectivity index (χ4n) is 2.44. The molecule has 1 aromatic carbocycles. The van der Waals surface area contributed by atoms with Crippen molar-refractivity contribution in [2.75, 3.05) is 6.54 Å². The lowest BCUT2D eigenvalue weighted by molar-refractivity contribution is -0.0550. The van der Waals surface area contributed by atoms with Crippen molar-refractivity contribution in [2.24, 2.45) is 5.41 Å². The molecule has 18 heavy (non-hydrogen) atoms. The Morgan fingerprint density at radius 1 is 1.39 bits per heavy atom. The topological polar surface area (TPSA) is 21.3 Å². The lowest BCUT2D eigenvalue weighted by atomic mass is 9.64. The van der Waals surface area contributed by atoms with Crippen LogP contribution in [0.3, 0.4) is 0 Å². The molecule has 1 saturated carbocycles. The maximum atomic E-state index is 6.16. The summed E-state index contributed by atoms with van der Waals surface area (Å²) >= 11 is 2.33. The standard InChI is InChI=1S/C15H22INO/c1-4-9-17-13-10-14(15(13,2)3)18-12-8-6-5-7-11(12)16/h5-8,13-14,17H,4,9-10H2,1-3H3. The molecule has 2 atom stereocenters. The first kappa shape index (κ1) is 14.1. The zero-order valence-electron chi connectivity index (χ0n) is 11.4. The number of rotatable bonds is 5. The molecule has 0 aromatic heterocycles. The first-order chi connectivity index (χ1) is 8.55. The lowest BCUT2D eigenvalue weighted by Crippen LogP contribution is -2.62. The fraction of sp³-hybridized carbons (Fsp3) is 0.600. The van der Waals surface area contributed by atoms with Gasteiger partial charge in [-0.2, -0.15) is 0 Å². The molecule has 0 aliphatic heterocycles. The van der Waals surface area contributed by atoms with E-state index in [0.29, 0.717) is 12.1 Å². The van der Waals surface area contributed by atoms with Crippen molar-refractivity contribution in [3.05, 3.63) is 27.8 Å². The van der Waals surface area contributed by atoms with Crippen LogP contribution in [0.1, 0.15) is 33.6 Å². The number of benzene rings is 1. The van der Waals surface area contributed by atoms with Gasteiger partial charge in [0.2, 0.25) is 0 Å². The maximum Gasteiger partial charge on any atom is 0.133 e. The van der Waals surface area contributed by atoms with Crippen molar-refractivity contribution < 1.29 is 4.74 Å². The number of hydrogen-bond donors (Lipinski definition) is 1. The Kier molecular flexibility index (Phi) is 4.54. The summed E-state index contributed by atoms with van der Waals surface area (Å²) in [4.78, 5) is 0. The normalized spacial score (nSPS) is 25.6. The van der Waals surface area contributed by atoms with Crippen LogP contribution in [0.25, 0.3) is 0 Å². The Labute approximate surface area is 124 Å². The molecule has 1 aliphatic carbocycles. The molecule has 0 heterocycles. The minimum Gasteiger partial charge on any atom is -0.489 e. The van der Waals surface area contributed by atoms with Gasteiger partial charge in [-0.05, 0) is 47.7 Å². The molecule has 2 nitrogen and oxygen atoms in total. The van der Waals surface area contributed by atoms with E-state index in [1.807, 2.05) is 12.1 Å². The average Bonchev–Trinajstić information content (AvgIpc) is 2.35. The Morgan fingerprint density at radius 2 is 2.11 bits per heavy atom. The molecule has 0 radical (unpaired) electrons. The zero-order chi connectivity index (χ0) is 13.2. The Hall–Kier alpha value is -0.290. The van der Waals surface area contributed by atoms with Crippen LogP contribution in [-0.4, -0.2) is 18.7 Å². The molecule has 0 bridgehead atoms. The highest BCUT2D eigenvalue weighted by Crippen LogP contribution is 2.43. The van der Waals surface area contributed by atoms with E-state index in [2.05, 4.69) is 60.8 Å². The molecule has 100 valence electrons. The van der Waals surface area contributed by atoms with Crippen molar-refractivity contribution in [1.29, 1.82) is 0 Å². The second-order valence-corrected chi connectivity index (χ2v) is 6.76. The molecule has 1 fully saturated rings. The number of hydrogen-bond acceptors (Lipinski definition) is 2. The molecule has 0 amide bonds. The first-order valence-electron chi connectivity index (χ1n) is 6.70. The van der Waals surface area contributed by atoms with Crippen molar-refractivity contribution in [1.82, 2.24) is 5.32 Å². The number of para-hydroxylation sites is 1. The molecule has 0 saturated heterocycles. The largest absolute Gasteiger partial charge is 0.489 e. The maximum absolute atomic E-state index is 6.16. The van der Waals surface area contributed by atoms with Gasteiger partial charge in [0.25, 0.3) is 0 Å². The Balaban J connectivity index is 1.95. The van der Waals surface area contributed by atoms with Crippen LogP contribution >= 0.6 is 22.6 Å². The summed E-state index contributed by atoms with van der Waals surface area (Å²) in [6.07, 6.45) is 2.62.